The third-order valence-corrected chi connectivity index (χ3v) is 0. The van der Waals surface area contributed by atoms with Gasteiger partial charge in [0.25, 0.3) is 0 Å². The summed E-state index contributed by atoms with van der Waals surface area (Å²) < 4.78 is 0. The van der Waals surface area contributed by atoms with Crippen molar-refractivity contribution in [1.82, 2.24) is 0 Å². The Hall–Kier alpha value is 4.38. The molecule has 0 spiro atoms. The first kappa shape index (κ1) is 63.3. The van der Waals surface area contributed by atoms with E-state index < -0.39 is 29.3 Å². The molecule has 0 bridgehead atoms. The summed E-state index contributed by atoms with van der Waals surface area (Å²) in [6, 6.07) is 0. The summed E-state index contributed by atoms with van der Waals surface area (Å²) in [5.74, 6) is 0. The smallest absolute Gasteiger partial charge is 0.907 e. The van der Waals surface area contributed by atoms with Crippen LogP contribution in [0.3, 0.4) is 0 Å². The van der Waals surface area contributed by atoms with Gasteiger partial charge in [0, 0.05) is 0 Å². The van der Waals surface area contributed by atoms with E-state index in [1.165, 1.54) is 0 Å². The van der Waals surface area contributed by atoms with Gasteiger partial charge in [0.1, 0.15) is 0 Å². The Morgan fingerprint density at radius 3 is 0.227 bits per heavy atom. The summed E-state index contributed by atoms with van der Waals surface area (Å²) in [7, 11) is -11.7. The molecule has 0 saturated heterocycles. The van der Waals surface area contributed by atoms with Crippen LogP contribution in [0.5, 0.6) is 0 Å². The van der Waals surface area contributed by atoms with Crippen molar-refractivity contribution < 1.29 is 60.3 Å². The van der Waals surface area contributed by atoms with E-state index in [1.54, 1.807) is 0 Å². The molecule has 0 aromatic rings. The molecule has 96 valence electrons. The van der Waals surface area contributed by atoms with Gasteiger partial charge in [0.15, 0.2) is 0 Å². The van der Waals surface area contributed by atoms with E-state index in [1.807, 2.05) is 0 Å². The second-order valence-corrected chi connectivity index (χ2v) is 1.15. The molecule has 0 aromatic heterocycles. The van der Waals surface area contributed by atoms with Gasteiger partial charge in [-0.2, -0.15) is 0 Å². The van der Waals surface area contributed by atoms with Crippen molar-refractivity contribution in [3.05, 3.63) is 0 Å². The number of hydrogen-bond acceptors (Lipinski definition) is 12. The summed E-state index contributed by atoms with van der Waals surface area (Å²) in [5, 5.41) is 101. The minimum Gasteiger partial charge on any atom is -0.907 e. The van der Waals surface area contributed by atoms with Crippen LogP contribution in [0, 0.1) is 0 Å². The molecule has 0 aromatic carbocycles. The number of hydrogen-bond donors (Lipinski definition) is 0. The topological polar surface area (TPSA) is 277 Å². The van der Waals surface area contributed by atoms with Gasteiger partial charge in [-0.3, -0.25) is 29.3 Å². The first-order valence-electron chi connectivity index (χ1n) is 2.83. The van der Waals surface area contributed by atoms with Crippen LogP contribution in [0.25, 0.3) is 0 Å². The van der Waals surface area contributed by atoms with E-state index in [0.717, 1.165) is 0 Å². The van der Waals surface area contributed by atoms with Crippen LogP contribution < -0.4 is 60.3 Å². The van der Waals surface area contributed by atoms with E-state index in [4.69, 9.17) is 60.3 Å². The molecule has 22 heteroatoms. The zero-order chi connectivity index (χ0) is 14.3. The van der Waals surface area contributed by atoms with Gasteiger partial charge in [-0.05, 0) is 0 Å². The van der Waals surface area contributed by atoms with Crippen LogP contribution in [0.15, 0.2) is 0 Å². The van der Waals surface area contributed by atoms with E-state index in [2.05, 4.69) is 0 Å². The molecule has 0 unspecified atom stereocenters. The van der Waals surface area contributed by atoms with Gasteiger partial charge in [-0.1, -0.05) is 0 Å². The van der Waals surface area contributed by atoms with Gasteiger partial charge in [0.2, 0.25) is 0 Å². The molecule has 0 heterocycles. The van der Waals surface area contributed by atoms with Gasteiger partial charge in [-0.15, -0.1) is 0 Å². The molecule has 0 amide bonds. The minimum absolute atomic E-state index is 0. The van der Waals surface area contributed by atoms with E-state index in [9.17, 15) is 0 Å². The molecule has 0 rings (SSSR count). The van der Waals surface area contributed by atoms with Crippen LogP contribution in [-0.4, -0.2) is 168 Å². The van der Waals surface area contributed by atoms with Crippen molar-refractivity contribution in [2.24, 2.45) is 0 Å². The van der Waals surface area contributed by atoms with E-state index in [0.29, 0.717) is 0 Å². The van der Waals surface area contributed by atoms with Crippen molar-refractivity contribution in [1.29, 1.82) is 0 Å². The average molecular weight is 381 g/mol. The molecule has 0 aliphatic heterocycles. The maximum absolute atomic E-state index is 8.42. The summed E-state index contributed by atoms with van der Waals surface area (Å²) in [6.07, 6.45) is 0. The Morgan fingerprint density at radius 2 is 0.227 bits per heavy atom. The van der Waals surface area contributed by atoms with Crippen molar-refractivity contribution in [2.75, 3.05) is 0 Å². The monoisotopic (exact) mass is 380 g/mol. The molecule has 0 radical (unpaired) electrons. The minimum atomic E-state index is -2.92. The molecule has 22 heavy (non-hydrogen) atoms. The zero-order valence-corrected chi connectivity index (χ0v) is 19.9. The molecule has 0 atom stereocenters. The maximum Gasteiger partial charge on any atom is 2.00 e. The second kappa shape index (κ2) is 56.2. The largest absolute Gasteiger partial charge is 2.00 e. The fourth-order valence-corrected chi connectivity index (χ4v) is 0. The van der Waals surface area contributed by atoms with Crippen molar-refractivity contribution in [3.8, 4) is 0 Å². The summed E-state index contributed by atoms with van der Waals surface area (Å²) >= 11 is 0. The SMILES string of the molecule is [Mg+2].[Mg+2].[Mg+2].[Mg+2].[Mg+2].[Mg+2].[O-]B([O-])[O-].[O-]B([O-])[O-].[O-]B([O-])[O-].[O-]B([O-])[O-]. The first-order valence-corrected chi connectivity index (χ1v) is 2.83. The van der Waals surface area contributed by atoms with Gasteiger partial charge in [-0.25, -0.2) is 0 Å². The van der Waals surface area contributed by atoms with Crippen LogP contribution in [0.2, 0.25) is 0 Å². The van der Waals surface area contributed by atoms with Gasteiger partial charge < -0.3 is 60.3 Å². The molecule has 0 fully saturated rings. The maximum atomic E-state index is 8.42. The quantitative estimate of drug-likeness (QED) is 0.353. The Balaban J connectivity index is -0.00000001000. The van der Waals surface area contributed by atoms with Crippen LogP contribution >= 0.6 is 0 Å². The Labute approximate surface area is 224 Å². The zero-order valence-electron chi connectivity index (χ0n) is 11.5. The molecule has 0 saturated carbocycles. The summed E-state index contributed by atoms with van der Waals surface area (Å²) in [5.41, 5.74) is 0. The van der Waals surface area contributed by atoms with Gasteiger partial charge in [0.05, 0.1) is 0 Å². The normalized spacial score (nSPS) is 4.91. The predicted molar refractivity (Wildman–Crippen MR) is 57.5 cm³/mol. The third kappa shape index (κ3) is 695. The second-order valence-electron chi connectivity index (χ2n) is 1.15. The molecular weight excluding hydrogens is 381 g/mol. The molecular formula is B4Mg6O12. The molecule has 0 aliphatic rings. The van der Waals surface area contributed by atoms with E-state index in [-0.39, 0.29) is 138 Å². The van der Waals surface area contributed by atoms with Crippen LogP contribution in [0.4, 0.5) is 0 Å². The van der Waals surface area contributed by atoms with Crippen molar-refractivity contribution in [2.45, 2.75) is 0 Å². The molecule has 0 aliphatic carbocycles. The Kier molecular flexibility index (Phi) is 162. The fraction of sp³-hybridized carbons (Fsp3) is 0. The fourth-order valence-electron chi connectivity index (χ4n) is 0. The van der Waals surface area contributed by atoms with Crippen molar-refractivity contribution >= 4 is 168 Å². The van der Waals surface area contributed by atoms with Crippen LogP contribution in [0.1, 0.15) is 0 Å². The third-order valence-electron chi connectivity index (χ3n) is 0. The Morgan fingerprint density at radius 1 is 0.227 bits per heavy atom. The standard InChI is InChI=1S/4BO3.6Mg/c4*2-1(3)4;;;;;;/q4*-3;6*+2. The van der Waals surface area contributed by atoms with Crippen LogP contribution in [-0.2, 0) is 0 Å². The first-order chi connectivity index (χ1) is 6.93. The summed E-state index contributed by atoms with van der Waals surface area (Å²) in [6.45, 7) is 0. The number of rotatable bonds is 0. The van der Waals surface area contributed by atoms with Gasteiger partial charge >= 0.3 is 138 Å². The Bertz CT molecular complexity index is 74.6. The molecule has 12 nitrogen and oxygen atoms in total. The average Bonchev–Trinajstić information content (AvgIpc) is 1.76. The summed E-state index contributed by atoms with van der Waals surface area (Å²) in [4.78, 5) is 0. The predicted octanol–water partition coefficient (Wildman–Crippen LogP) is -18.1. The van der Waals surface area contributed by atoms with E-state index >= 15 is 0 Å². The van der Waals surface area contributed by atoms with Crippen molar-refractivity contribution in [3.63, 3.8) is 0 Å². The molecule has 0 N–H and O–H groups in total.